The molecule has 0 aliphatic heterocycles. The van der Waals surface area contributed by atoms with E-state index in [1.807, 2.05) is 0 Å². The first kappa shape index (κ1) is 23.7. The van der Waals surface area contributed by atoms with Crippen molar-refractivity contribution in [3.63, 3.8) is 0 Å². The molecule has 10 rings (SSSR count). The molecule has 8 aromatic carbocycles. The molecule has 2 heterocycles. The minimum absolute atomic E-state index is 1.14. The molecule has 204 valence electrons. The van der Waals surface area contributed by atoms with Crippen molar-refractivity contribution < 1.29 is 0 Å². The third-order valence-corrected chi connectivity index (χ3v) is 9.43. The van der Waals surface area contributed by atoms with Gasteiger partial charge in [-0.3, -0.25) is 0 Å². The van der Waals surface area contributed by atoms with E-state index < -0.39 is 0 Å². The van der Waals surface area contributed by atoms with Crippen LogP contribution in [0, 0.1) is 0 Å². The van der Waals surface area contributed by atoms with Crippen LogP contribution >= 0.6 is 0 Å². The number of nitrogens with zero attached hydrogens (tertiary/aromatic N) is 2. The van der Waals surface area contributed by atoms with Crippen molar-refractivity contribution in [2.45, 2.75) is 0 Å². The van der Waals surface area contributed by atoms with Gasteiger partial charge in [0.1, 0.15) is 0 Å². The molecule has 10 aromatic rings. The lowest BCUT2D eigenvalue weighted by Gasteiger charge is -2.26. The molecule has 0 saturated heterocycles. The van der Waals surface area contributed by atoms with Gasteiger partial charge >= 0.3 is 0 Å². The highest BCUT2D eigenvalue weighted by molar-refractivity contribution is 6.28. The lowest BCUT2D eigenvalue weighted by atomic mass is 10.0. The maximum absolute atomic E-state index is 2.46. The number of hydrogen-bond donors (Lipinski definition) is 0. The first-order valence-electron chi connectivity index (χ1n) is 15.2. The number of fused-ring (bicyclic) bond motifs is 10. The van der Waals surface area contributed by atoms with Crippen LogP contribution in [0.2, 0.25) is 0 Å². The Balaban J connectivity index is 1.28. The normalized spacial score (nSPS) is 12.1. The van der Waals surface area contributed by atoms with Gasteiger partial charge in [0.05, 0.1) is 16.6 Å². The predicted molar refractivity (Wildman–Crippen MR) is 188 cm³/mol. The Labute approximate surface area is 253 Å². The molecular weight excluding hydrogens is 532 g/mol. The summed E-state index contributed by atoms with van der Waals surface area (Å²) < 4.78 is 2.46. The number of para-hydroxylation sites is 2. The molecular formula is C42H26N2. The summed E-state index contributed by atoms with van der Waals surface area (Å²) in [5.41, 5.74) is 7.26. The summed E-state index contributed by atoms with van der Waals surface area (Å²) in [6.07, 6.45) is 0. The van der Waals surface area contributed by atoms with Crippen LogP contribution in [0.5, 0.6) is 0 Å². The molecule has 0 spiro atoms. The zero-order valence-corrected chi connectivity index (χ0v) is 23.9. The van der Waals surface area contributed by atoms with E-state index in [1.165, 1.54) is 70.4 Å². The highest BCUT2D eigenvalue weighted by atomic mass is 15.1. The van der Waals surface area contributed by atoms with Crippen molar-refractivity contribution in [3.05, 3.63) is 158 Å². The van der Waals surface area contributed by atoms with Gasteiger partial charge in [-0.05, 0) is 80.8 Å². The third-order valence-electron chi connectivity index (χ3n) is 9.43. The molecule has 44 heavy (non-hydrogen) atoms. The minimum atomic E-state index is 1.14. The van der Waals surface area contributed by atoms with Crippen molar-refractivity contribution in [3.8, 4) is 0 Å². The lowest BCUT2D eigenvalue weighted by Crippen LogP contribution is -2.10. The average molecular weight is 559 g/mol. The van der Waals surface area contributed by atoms with Gasteiger partial charge in [-0.1, -0.05) is 109 Å². The van der Waals surface area contributed by atoms with Crippen LogP contribution in [0.15, 0.2) is 158 Å². The van der Waals surface area contributed by atoms with E-state index in [-0.39, 0.29) is 0 Å². The topological polar surface area (TPSA) is 7.65 Å². The summed E-state index contributed by atoms with van der Waals surface area (Å²) in [4.78, 5) is 2.41. The number of hydrogen-bond acceptors (Lipinski definition) is 1. The molecule has 0 aliphatic carbocycles. The molecule has 2 heteroatoms. The molecule has 0 atom stereocenters. The highest BCUT2D eigenvalue weighted by Crippen LogP contribution is 2.44. The van der Waals surface area contributed by atoms with Crippen LogP contribution in [-0.2, 0) is 0 Å². The Morgan fingerprint density at radius 1 is 0.341 bits per heavy atom. The van der Waals surface area contributed by atoms with Crippen molar-refractivity contribution in [2.24, 2.45) is 0 Å². The molecule has 0 amide bonds. The van der Waals surface area contributed by atoms with Crippen LogP contribution in [0.3, 0.4) is 0 Å². The van der Waals surface area contributed by atoms with E-state index in [0.29, 0.717) is 0 Å². The lowest BCUT2D eigenvalue weighted by molar-refractivity contribution is 1.30. The molecule has 0 fully saturated rings. The van der Waals surface area contributed by atoms with Crippen molar-refractivity contribution in [1.82, 2.24) is 4.40 Å². The van der Waals surface area contributed by atoms with Gasteiger partial charge in [-0.15, -0.1) is 0 Å². The number of aromatic nitrogens is 1. The molecule has 0 unspecified atom stereocenters. The number of rotatable bonds is 3. The summed E-state index contributed by atoms with van der Waals surface area (Å²) in [6.45, 7) is 0. The van der Waals surface area contributed by atoms with Crippen LogP contribution in [0.25, 0.3) is 70.4 Å². The quantitative estimate of drug-likeness (QED) is 0.209. The monoisotopic (exact) mass is 558 g/mol. The standard InChI is InChI=1S/C42H26N2/c1-3-10-30-24-32(20-16-27(30)8-1)43(33-21-17-28-9-2-4-11-31(28)25-33)34-22-18-29-19-23-40-41(38(29)26-34)37-14-7-13-36-35-12-5-6-15-39(35)44(40)42(36)37/h1-26H. The second kappa shape index (κ2) is 8.82. The summed E-state index contributed by atoms with van der Waals surface area (Å²) in [6, 6.07) is 57.8. The van der Waals surface area contributed by atoms with Crippen LogP contribution < -0.4 is 4.90 Å². The van der Waals surface area contributed by atoms with Gasteiger partial charge in [0.25, 0.3) is 0 Å². The fraction of sp³-hybridized carbons (Fsp3) is 0. The SMILES string of the molecule is c1ccc2cc(N(c3ccc4ccccc4c3)c3ccc4ccc5c(c4c3)c3cccc4c6ccccc6n5c43)ccc2c1. The maximum Gasteiger partial charge on any atom is 0.0620 e. The summed E-state index contributed by atoms with van der Waals surface area (Å²) in [5.74, 6) is 0. The fourth-order valence-corrected chi connectivity index (χ4v) is 7.45. The van der Waals surface area contributed by atoms with Crippen molar-refractivity contribution in [2.75, 3.05) is 4.90 Å². The number of benzene rings is 8. The predicted octanol–water partition coefficient (Wildman–Crippen LogP) is 11.8. The second-order valence-electron chi connectivity index (χ2n) is 11.8. The van der Waals surface area contributed by atoms with Gasteiger partial charge in [-0.2, -0.15) is 0 Å². The minimum Gasteiger partial charge on any atom is -0.310 e. The molecule has 0 bridgehead atoms. The van der Waals surface area contributed by atoms with Gasteiger partial charge in [-0.25, -0.2) is 0 Å². The molecule has 0 aliphatic rings. The van der Waals surface area contributed by atoms with Crippen molar-refractivity contribution in [1.29, 1.82) is 0 Å². The van der Waals surface area contributed by atoms with E-state index in [9.17, 15) is 0 Å². The van der Waals surface area contributed by atoms with E-state index in [4.69, 9.17) is 0 Å². The van der Waals surface area contributed by atoms with Crippen molar-refractivity contribution >= 4 is 87.5 Å². The van der Waals surface area contributed by atoms with Gasteiger partial charge in [0.2, 0.25) is 0 Å². The first-order valence-corrected chi connectivity index (χ1v) is 15.2. The zero-order valence-electron chi connectivity index (χ0n) is 23.9. The maximum atomic E-state index is 2.46. The second-order valence-corrected chi connectivity index (χ2v) is 11.8. The Morgan fingerprint density at radius 3 is 1.61 bits per heavy atom. The largest absolute Gasteiger partial charge is 0.310 e. The first-order chi connectivity index (χ1) is 21.8. The van der Waals surface area contributed by atoms with Crippen LogP contribution in [0.1, 0.15) is 0 Å². The molecule has 2 aromatic heterocycles. The molecule has 0 radical (unpaired) electrons. The van der Waals surface area contributed by atoms with E-state index in [1.54, 1.807) is 0 Å². The van der Waals surface area contributed by atoms with Gasteiger partial charge in [0, 0.05) is 38.6 Å². The molecule has 0 N–H and O–H groups in total. The van der Waals surface area contributed by atoms with E-state index >= 15 is 0 Å². The van der Waals surface area contributed by atoms with Gasteiger partial charge < -0.3 is 9.30 Å². The summed E-state index contributed by atoms with van der Waals surface area (Å²) >= 11 is 0. The average Bonchev–Trinajstić information content (AvgIpc) is 3.61. The summed E-state index contributed by atoms with van der Waals surface area (Å²) in [5, 5.41) is 12.7. The van der Waals surface area contributed by atoms with E-state index in [2.05, 4.69) is 167 Å². The molecule has 0 saturated carbocycles. The Kier molecular flexibility index (Phi) is 4.75. The zero-order chi connectivity index (χ0) is 28.8. The van der Waals surface area contributed by atoms with E-state index in [0.717, 1.165) is 17.1 Å². The van der Waals surface area contributed by atoms with Crippen LogP contribution in [-0.4, -0.2) is 4.40 Å². The highest BCUT2D eigenvalue weighted by Gasteiger charge is 2.20. The third kappa shape index (κ3) is 3.25. The smallest absolute Gasteiger partial charge is 0.0620 e. The summed E-state index contributed by atoms with van der Waals surface area (Å²) in [7, 11) is 0. The molecule has 2 nitrogen and oxygen atoms in total. The Morgan fingerprint density at radius 2 is 0.886 bits per heavy atom. The fourth-order valence-electron chi connectivity index (χ4n) is 7.45. The Hall–Kier alpha value is -5.86. The van der Waals surface area contributed by atoms with Gasteiger partial charge in [0.15, 0.2) is 0 Å². The van der Waals surface area contributed by atoms with Crippen LogP contribution in [0.4, 0.5) is 17.1 Å². The Bertz CT molecular complexity index is 2650. The number of anilines is 3.